The summed E-state index contributed by atoms with van der Waals surface area (Å²) in [7, 11) is -0.780. The number of halogens is 1. The first-order valence-electron chi connectivity index (χ1n) is 4.54. The Balaban J connectivity index is -0.000000405. The molecule has 0 aromatic carbocycles. The summed E-state index contributed by atoms with van der Waals surface area (Å²) in [5.41, 5.74) is 0. The van der Waals surface area contributed by atoms with E-state index in [0.29, 0.717) is 0 Å². The van der Waals surface area contributed by atoms with Crippen LogP contribution in [0, 0.1) is 6.92 Å². The van der Waals surface area contributed by atoms with E-state index in [1.807, 2.05) is 0 Å². The molecule has 0 spiro atoms. The van der Waals surface area contributed by atoms with Crippen LogP contribution in [0.5, 0.6) is 0 Å². The van der Waals surface area contributed by atoms with Gasteiger partial charge in [0, 0.05) is 0 Å². The van der Waals surface area contributed by atoms with Crippen LogP contribution in [0.1, 0.15) is 27.2 Å². The van der Waals surface area contributed by atoms with E-state index in [2.05, 4.69) is 27.7 Å². The molecular weight excluding hydrogens is 196 g/mol. The minimum absolute atomic E-state index is 0. The summed E-state index contributed by atoms with van der Waals surface area (Å²) in [5.74, 6) is 0. The summed E-state index contributed by atoms with van der Waals surface area (Å²) >= 11 is 0. The summed E-state index contributed by atoms with van der Waals surface area (Å²) in [6.07, 6.45) is 1.15. The number of rotatable bonds is 5. The van der Waals surface area contributed by atoms with Gasteiger partial charge in [0.1, 0.15) is 0 Å². The molecule has 0 aliphatic carbocycles. The molecular formula is C9H21ClMgSi. The SMILES string of the molecule is [CH2-]CC[Si](CC)(CC)CC.[Cl-].[Mg+2]. The Morgan fingerprint density at radius 1 is 1.00 bits per heavy atom. The zero-order valence-corrected chi connectivity index (χ0v) is 12.0. The molecule has 0 nitrogen and oxygen atoms in total. The molecule has 0 N–H and O–H groups in total. The van der Waals surface area contributed by atoms with Gasteiger partial charge < -0.3 is 19.3 Å². The Hall–Kier alpha value is 1.27. The van der Waals surface area contributed by atoms with Crippen LogP contribution in [-0.2, 0) is 0 Å². The molecule has 0 saturated carbocycles. The van der Waals surface area contributed by atoms with Crippen LogP contribution in [0.15, 0.2) is 0 Å². The van der Waals surface area contributed by atoms with Crippen molar-refractivity contribution >= 4 is 31.1 Å². The molecule has 0 unspecified atom stereocenters. The molecule has 3 heteroatoms. The average molecular weight is 217 g/mol. The van der Waals surface area contributed by atoms with Gasteiger partial charge in [0.05, 0.1) is 8.07 Å². The zero-order valence-electron chi connectivity index (χ0n) is 8.83. The quantitative estimate of drug-likeness (QED) is 0.460. The minimum atomic E-state index is -0.780. The topological polar surface area (TPSA) is 0 Å². The van der Waals surface area contributed by atoms with E-state index in [4.69, 9.17) is 0 Å². The second kappa shape index (κ2) is 10.4. The van der Waals surface area contributed by atoms with Crippen molar-refractivity contribution in [1.29, 1.82) is 0 Å². The van der Waals surface area contributed by atoms with Gasteiger partial charge in [0.15, 0.2) is 0 Å². The van der Waals surface area contributed by atoms with Crippen LogP contribution in [0.4, 0.5) is 0 Å². The van der Waals surface area contributed by atoms with E-state index in [-0.39, 0.29) is 35.5 Å². The fourth-order valence-electron chi connectivity index (χ4n) is 1.66. The van der Waals surface area contributed by atoms with Crippen LogP contribution in [-0.4, -0.2) is 31.1 Å². The normalized spacial score (nSPS) is 10.0. The number of hydrogen-bond acceptors (Lipinski definition) is 0. The van der Waals surface area contributed by atoms with Crippen LogP contribution in [0.3, 0.4) is 0 Å². The molecule has 0 saturated heterocycles. The smallest absolute Gasteiger partial charge is 1.00 e. The van der Waals surface area contributed by atoms with Crippen molar-refractivity contribution in [3.63, 3.8) is 0 Å². The van der Waals surface area contributed by atoms with Crippen molar-refractivity contribution in [3.05, 3.63) is 6.92 Å². The average Bonchev–Trinajstić information content (AvgIpc) is 2.01. The summed E-state index contributed by atoms with van der Waals surface area (Å²) in [6, 6.07) is 5.80. The van der Waals surface area contributed by atoms with Gasteiger partial charge in [-0.1, -0.05) is 44.9 Å². The van der Waals surface area contributed by atoms with E-state index in [1.165, 1.54) is 24.2 Å². The van der Waals surface area contributed by atoms with Gasteiger partial charge in [-0.2, -0.15) is 6.42 Å². The predicted octanol–water partition coefficient (Wildman–Crippen LogP) is 0.342. The largest absolute Gasteiger partial charge is 2.00 e. The van der Waals surface area contributed by atoms with E-state index < -0.39 is 8.07 Å². The molecule has 0 bridgehead atoms. The van der Waals surface area contributed by atoms with Crippen LogP contribution >= 0.6 is 0 Å². The van der Waals surface area contributed by atoms with Gasteiger partial charge in [-0.25, -0.2) is 0 Å². The van der Waals surface area contributed by atoms with E-state index in [9.17, 15) is 0 Å². The molecule has 0 aromatic heterocycles. The third-order valence-corrected chi connectivity index (χ3v) is 8.87. The monoisotopic (exact) mass is 216 g/mol. The third kappa shape index (κ3) is 5.84. The van der Waals surface area contributed by atoms with Gasteiger partial charge in [-0.05, 0) is 0 Å². The molecule has 0 aliphatic rings. The third-order valence-electron chi connectivity index (χ3n) is 2.96. The summed E-state index contributed by atoms with van der Waals surface area (Å²) in [5, 5.41) is 0. The Labute approximate surface area is 101 Å². The Morgan fingerprint density at radius 3 is 1.42 bits per heavy atom. The first-order valence-corrected chi connectivity index (χ1v) is 7.36. The molecule has 0 amide bonds. The molecule has 70 valence electrons. The van der Waals surface area contributed by atoms with Crippen LogP contribution < -0.4 is 12.4 Å². The van der Waals surface area contributed by atoms with Crippen molar-refractivity contribution in [2.24, 2.45) is 0 Å². The van der Waals surface area contributed by atoms with Crippen molar-refractivity contribution in [2.45, 2.75) is 51.4 Å². The van der Waals surface area contributed by atoms with Gasteiger partial charge in [-0.15, -0.1) is 0 Å². The molecule has 0 fully saturated rings. The van der Waals surface area contributed by atoms with Crippen molar-refractivity contribution in [1.82, 2.24) is 0 Å². The maximum atomic E-state index is 3.95. The first kappa shape index (κ1) is 18.9. The van der Waals surface area contributed by atoms with Gasteiger partial charge in [0.2, 0.25) is 0 Å². The van der Waals surface area contributed by atoms with E-state index in [0.717, 1.165) is 6.42 Å². The molecule has 0 aliphatic heterocycles. The Bertz CT molecular complexity index is 76.3. The fraction of sp³-hybridized carbons (Fsp3) is 0.889. The first-order chi connectivity index (χ1) is 4.74. The molecule has 0 heterocycles. The van der Waals surface area contributed by atoms with Crippen LogP contribution in [0.25, 0.3) is 0 Å². The second-order valence-corrected chi connectivity index (χ2v) is 8.79. The molecule has 0 aromatic rings. The minimum Gasteiger partial charge on any atom is -1.00 e. The molecule has 0 atom stereocenters. The number of hydrogen-bond donors (Lipinski definition) is 0. The van der Waals surface area contributed by atoms with E-state index >= 15 is 0 Å². The maximum Gasteiger partial charge on any atom is 2.00 e. The molecule has 0 radical (unpaired) electrons. The molecule has 0 rings (SSSR count). The van der Waals surface area contributed by atoms with Crippen molar-refractivity contribution < 1.29 is 12.4 Å². The Kier molecular flexibility index (Phi) is 16.3. The van der Waals surface area contributed by atoms with E-state index in [1.54, 1.807) is 0 Å². The van der Waals surface area contributed by atoms with Crippen molar-refractivity contribution in [3.8, 4) is 0 Å². The predicted molar refractivity (Wildman–Crippen MR) is 57.7 cm³/mol. The fourth-order valence-corrected chi connectivity index (χ4v) is 4.97. The second-order valence-electron chi connectivity index (χ2n) is 3.16. The van der Waals surface area contributed by atoms with Crippen LogP contribution in [0.2, 0.25) is 24.2 Å². The maximum absolute atomic E-state index is 3.95. The van der Waals surface area contributed by atoms with Crippen molar-refractivity contribution in [2.75, 3.05) is 0 Å². The Morgan fingerprint density at radius 2 is 1.33 bits per heavy atom. The van der Waals surface area contributed by atoms with Gasteiger partial charge >= 0.3 is 23.1 Å². The zero-order chi connectivity index (χ0) is 8.04. The van der Waals surface area contributed by atoms with Gasteiger partial charge in [0.25, 0.3) is 0 Å². The summed E-state index contributed by atoms with van der Waals surface area (Å²) in [6.45, 7) is 11.0. The summed E-state index contributed by atoms with van der Waals surface area (Å²) in [4.78, 5) is 0. The molecule has 12 heavy (non-hydrogen) atoms. The van der Waals surface area contributed by atoms with Gasteiger partial charge in [-0.3, -0.25) is 0 Å². The summed E-state index contributed by atoms with van der Waals surface area (Å²) < 4.78 is 0. The standard InChI is InChI=1S/C9H21Si.ClH.Mg/c1-5-9-10(6-2,7-3)8-4;;/h1,5-9H2,2-4H3;1H;/q-1;;+2/p-1.